The molecule has 0 atom stereocenters. The molecule has 0 N–H and O–H groups in total. The van der Waals surface area contributed by atoms with Gasteiger partial charge in [0.1, 0.15) is 0 Å². The molecule has 1 aromatic rings. The van der Waals surface area contributed by atoms with E-state index in [0.717, 1.165) is 0 Å². The molecule has 18 heavy (non-hydrogen) atoms. The summed E-state index contributed by atoms with van der Waals surface area (Å²) in [6.45, 7) is 3.87. The number of nitro groups is 1. The minimum absolute atomic E-state index is 0.0721. The van der Waals surface area contributed by atoms with E-state index in [1.807, 2.05) is 0 Å². The van der Waals surface area contributed by atoms with Crippen LogP contribution in [0.4, 0.5) is 5.69 Å². The van der Waals surface area contributed by atoms with Gasteiger partial charge in [-0.3, -0.25) is 14.7 Å². The van der Waals surface area contributed by atoms with Gasteiger partial charge >= 0.3 is 7.60 Å². The van der Waals surface area contributed by atoms with E-state index in [2.05, 4.69) is 0 Å². The van der Waals surface area contributed by atoms with E-state index in [4.69, 9.17) is 9.05 Å². The highest BCUT2D eigenvalue weighted by molar-refractivity contribution is 7.53. The molecule has 0 aromatic heterocycles. The standard InChI is InChI=1S/C11H16NO5P/c1-3-16-18(15,17-4-2)9-10-7-5-6-8-11(10)12(13)14/h5-8H,3-4,9H2,1-2H3. The first-order valence-corrected chi connectivity index (χ1v) is 7.35. The average molecular weight is 273 g/mol. The van der Waals surface area contributed by atoms with Crippen molar-refractivity contribution in [1.82, 2.24) is 0 Å². The number of nitrogens with zero attached hydrogens (tertiary/aromatic N) is 1. The lowest BCUT2D eigenvalue weighted by molar-refractivity contribution is -0.385. The van der Waals surface area contributed by atoms with Crippen molar-refractivity contribution in [3.8, 4) is 0 Å². The molecular weight excluding hydrogens is 257 g/mol. The molecule has 0 aliphatic carbocycles. The number of rotatable bonds is 7. The van der Waals surface area contributed by atoms with E-state index in [9.17, 15) is 14.7 Å². The molecular formula is C11H16NO5P. The first-order valence-electron chi connectivity index (χ1n) is 5.63. The monoisotopic (exact) mass is 273 g/mol. The van der Waals surface area contributed by atoms with E-state index in [1.165, 1.54) is 6.07 Å². The molecule has 0 aliphatic rings. The normalized spacial score (nSPS) is 11.4. The largest absolute Gasteiger partial charge is 0.335 e. The van der Waals surface area contributed by atoms with Crippen LogP contribution in [0.5, 0.6) is 0 Å². The quantitative estimate of drug-likeness (QED) is 0.432. The van der Waals surface area contributed by atoms with E-state index in [1.54, 1.807) is 32.0 Å². The van der Waals surface area contributed by atoms with Crippen molar-refractivity contribution in [2.24, 2.45) is 0 Å². The van der Waals surface area contributed by atoms with Crippen molar-refractivity contribution in [1.29, 1.82) is 0 Å². The van der Waals surface area contributed by atoms with Crippen LogP contribution >= 0.6 is 7.60 Å². The second-order valence-electron chi connectivity index (χ2n) is 3.49. The summed E-state index contributed by atoms with van der Waals surface area (Å²) in [6, 6.07) is 6.15. The SMILES string of the molecule is CCOP(=O)(Cc1ccccc1[N+](=O)[O-])OCC. The van der Waals surface area contributed by atoms with Crippen molar-refractivity contribution in [3.63, 3.8) is 0 Å². The van der Waals surface area contributed by atoms with Gasteiger partial charge in [0.2, 0.25) is 0 Å². The molecule has 1 rings (SSSR count). The van der Waals surface area contributed by atoms with Gasteiger partial charge in [0, 0.05) is 11.6 Å². The smallest absolute Gasteiger partial charge is 0.309 e. The van der Waals surface area contributed by atoms with Gasteiger partial charge in [-0.1, -0.05) is 18.2 Å². The average Bonchev–Trinajstić information content (AvgIpc) is 2.29. The van der Waals surface area contributed by atoms with Crippen LogP contribution in [-0.4, -0.2) is 18.1 Å². The fourth-order valence-corrected chi connectivity index (χ4v) is 3.28. The lowest BCUT2D eigenvalue weighted by Gasteiger charge is -2.16. The van der Waals surface area contributed by atoms with Gasteiger partial charge in [0.05, 0.1) is 24.3 Å². The predicted molar refractivity (Wildman–Crippen MR) is 67.7 cm³/mol. The summed E-state index contributed by atoms with van der Waals surface area (Å²) in [4.78, 5) is 10.4. The van der Waals surface area contributed by atoms with E-state index in [-0.39, 0.29) is 25.1 Å². The summed E-state index contributed by atoms with van der Waals surface area (Å²) < 4.78 is 22.5. The molecule has 0 saturated carbocycles. The highest BCUT2D eigenvalue weighted by atomic mass is 31.2. The Labute approximate surface area is 106 Å². The van der Waals surface area contributed by atoms with Gasteiger partial charge in [-0.15, -0.1) is 0 Å². The third kappa shape index (κ3) is 3.91. The second-order valence-corrected chi connectivity index (χ2v) is 5.54. The molecule has 0 amide bonds. The first kappa shape index (κ1) is 14.8. The molecule has 0 unspecified atom stereocenters. The van der Waals surface area contributed by atoms with Gasteiger partial charge in [-0.2, -0.15) is 0 Å². The van der Waals surface area contributed by atoms with Gasteiger partial charge < -0.3 is 9.05 Å². The minimum Gasteiger partial charge on any atom is -0.309 e. The van der Waals surface area contributed by atoms with Crippen LogP contribution in [0.2, 0.25) is 0 Å². The molecule has 0 spiro atoms. The van der Waals surface area contributed by atoms with E-state index >= 15 is 0 Å². The molecule has 0 saturated heterocycles. The third-order valence-electron chi connectivity index (χ3n) is 2.20. The summed E-state index contributed by atoms with van der Waals surface area (Å²) in [5.41, 5.74) is 0.282. The van der Waals surface area contributed by atoms with Crippen molar-refractivity contribution in [2.75, 3.05) is 13.2 Å². The second kappa shape index (κ2) is 6.64. The van der Waals surface area contributed by atoms with E-state index in [0.29, 0.717) is 5.56 Å². The van der Waals surface area contributed by atoms with Crippen LogP contribution in [-0.2, 0) is 19.8 Å². The van der Waals surface area contributed by atoms with Gasteiger partial charge in [0.25, 0.3) is 5.69 Å². The number of hydrogen-bond acceptors (Lipinski definition) is 5. The zero-order chi connectivity index (χ0) is 13.6. The van der Waals surface area contributed by atoms with Crippen LogP contribution in [0.3, 0.4) is 0 Å². The van der Waals surface area contributed by atoms with Crippen LogP contribution in [0.15, 0.2) is 24.3 Å². The zero-order valence-corrected chi connectivity index (χ0v) is 11.3. The Hall–Kier alpha value is -1.23. The minimum atomic E-state index is -3.31. The van der Waals surface area contributed by atoms with Crippen molar-refractivity contribution in [2.45, 2.75) is 20.0 Å². The van der Waals surface area contributed by atoms with Crippen molar-refractivity contribution >= 4 is 13.3 Å². The molecule has 7 heteroatoms. The van der Waals surface area contributed by atoms with Gasteiger partial charge in [-0.05, 0) is 13.8 Å². The Morgan fingerprint density at radius 2 is 1.78 bits per heavy atom. The Morgan fingerprint density at radius 3 is 2.28 bits per heavy atom. The lowest BCUT2D eigenvalue weighted by Crippen LogP contribution is -2.01. The third-order valence-corrected chi connectivity index (χ3v) is 4.24. The summed E-state index contributed by atoms with van der Waals surface area (Å²) in [5, 5.41) is 10.9. The highest BCUT2D eigenvalue weighted by Crippen LogP contribution is 2.52. The first-order chi connectivity index (χ1) is 8.52. The van der Waals surface area contributed by atoms with Crippen LogP contribution in [0, 0.1) is 10.1 Å². The lowest BCUT2D eigenvalue weighted by atomic mass is 10.2. The number of nitro benzene ring substituents is 1. The summed E-state index contributed by atoms with van der Waals surface area (Å²) >= 11 is 0. The van der Waals surface area contributed by atoms with Crippen molar-refractivity contribution < 1.29 is 18.5 Å². The number of hydrogen-bond donors (Lipinski definition) is 0. The molecule has 0 aliphatic heterocycles. The zero-order valence-electron chi connectivity index (χ0n) is 10.4. The molecule has 0 fully saturated rings. The Balaban J connectivity index is 3.01. The topological polar surface area (TPSA) is 78.7 Å². The number of para-hydroxylation sites is 1. The van der Waals surface area contributed by atoms with Crippen LogP contribution in [0.1, 0.15) is 19.4 Å². The molecule has 0 radical (unpaired) electrons. The molecule has 6 nitrogen and oxygen atoms in total. The van der Waals surface area contributed by atoms with Crippen LogP contribution in [0.25, 0.3) is 0 Å². The van der Waals surface area contributed by atoms with Gasteiger partial charge in [0.15, 0.2) is 0 Å². The summed E-state index contributed by atoms with van der Waals surface area (Å²) in [6.07, 6.45) is -0.0914. The summed E-state index contributed by atoms with van der Waals surface area (Å²) in [7, 11) is -3.31. The fraction of sp³-hybridized carbons (Fsp3) is 0.455. The number of benzene rings is 1. The maximum Gasteiger partial charge on any atom is 0.335 e. The summed E-state index contributed by atoms with van der Waals surface area (Å²) in [5.74, 6) is 0. The van der Waals surface area contributed by atoms with E-state index < -0.39 is 12.5 Å². The van der Waals surface area contributed by atoms with Gasteiger partial charge in [-0.25, -0.2) is 0 Å². The molecule has 0 bridgehead atoms. The Bertz CT molecular complexity index is 453. The molecule has 0 heterocycles. The highest BCUT2D eigenvalue weighted by Gasteiger charge is 2.27. The predicted octanol–water partition coefficient (Wildman–Crippen LogP) is 3.36. The van der Waals surface area contributed by atoms with Crippen molar-refractivity contribution in [3.05, 3.63) is 39.9 Å². The maximum absolute atomic E-state index is 12.3. The Morgan fingerprint density at radius 1 is 1.22 bits per heavy atom. The Kier molecular flexibility index (Phi) is 5.47. The maximum atomic E-state index is 12.3. The molecule has 1 aromatic carbocycles. The molecule has 100 valence electrons. The van der Waals surface area contributed by atoms with Crippen LogP contribution < -0.4 is 0 Å². The fourth-order valence-electron chi connectivity index (χ4n) is 1.55.